The summed E-state index contributed by atoms with van der Waals surface area (Å²) in [5.74, 6) is 0.00935. The van der Waals surface area contributed by atoms with Crippen molar-refractivity contribution in [3.63, 3.8) is 0 Å². The molecule has 3 fully saturated rings. The number of aliphatic hydroxyl groups excluding tert-OH is 2. The lowest BCUT2D eigenvalue weighted by molar-refractivity contribution is -0.145. The second-order valence-corrected chi connectivity index (χ2v) is 11.1. The minimum Gasteiger partial charge on any atom is -0.480 e. The van der Waals surface area contributed by atoms with Gasteiger partial charge in [0.1, 0.15) is 0 Å². The number of fused-ring (bicyclic) bond motifs is 5. The lowest BCUT2D eigenvalue weighted by Crippen LogP contribution is -2.51. The average Bonchev–Trinajstić information content (AvgIpc) is 3.06. The molecule has 4 aliphatic rings. The molecule has 0 bridgehead atoms. The van der Waals surface area contributed by atoms with Crippen molar-refractivity contribution in [1.29, 1.82) is 0 Å². The highest BCUT2D eigenvalue weighted by Crippen LogP contribution is 2.65. The van der Waals surface area contributed by atoms with Crippen LogP contribution in [0.4, 0.5) is 0 Å². The standard InChI is InChI=1S/C25H38N2O6/c1-14(28)22(23(31)32)26-21(30)13-33-27-16-8-10-24(2)15(12-16)4-5-17-18-6-7-20(29)25(18,3)11-9-19(17)24/h12,14,17-20,22,28-29H,4-11,13H2,1-3H3,(H,26,30)(H,31,32)/b27-16+/t14-,17+,18-,19-,20+,22-,24+,25+/m1/s1. The van der Waals surface area contributed by atoms with E-state index in [1.165, 1.54) is 18.9 Å². The summed E-state index contributed by atoms with van der Waals surface area (Å²) in [6, 6.07) is -1.38. The number of carbonyl (C=O) groups is 2. The summed E-state index contributed by atoms with van der Waals surface area (Å²) in [5, 5.41) is 35.5. The van der Waals surface area contributed by atoms with Crippen LogP contribution in [0.1, 0.15) is 72.1 Å². The molecule has 4 rings (SSSR count). The maximum absolute atomic E-state index is 12.0. The highest BCUT2D eigenvalue weighted by molar-refractivity contribution is 5.96. The average molecular weight is 463 g/mol. The number of hydrogen-bond acceptors (Lipinski definition) is 6. The van der Waals surface area contributed by atoms with Gasteiger partial charge in [-0.2, -0.15) is 0 Å². The van der Waals surface area contributed by atoms with Gasteiger partial charge in [-0.1, -0.05) is 24.6 Å². The van der Waals surface area contributed by atoms with Crippen LogP contribution in [-0.2, 0) is 14.4 Å². The van der Waals surface area contributed by atoms with Crippen LogP contribution < -0.4 is 5.32 Å². The van der Waals surface area contributed by atoms with E-state index in [0.29, 0.717) is 17.8 Å². The number of carbonyl (C=O) groups excluding carboxylic acids is 1. The third-order valence-electron chi connectivity index (χ3n) is 9.37. The van der Waals surface area contributed by atoms with Crippen LogP contribution in [0.15, 0.2) is 16.8 Å². The summed E-state index contributed by atoms with van der Waals surface area (Å²) in [4.78, 5) is 28.3. The fraction of sp³-hybridized carbons (Fsp3) is 0.800. The minimum absolute atomic E-state index is 0.0852. The summed E-state index contributed by atoms with van der Waals surface area (Å²) in [6.07, 6.45) is 9.11. The number of oxime groups is 1. The highest BCUT2D eigenvalue weighted by Gasteiger charge is 2.58. The van der Waals surface area contributed by atoms with Crippen LogP contribution in [-0.4, -0.2) is 57.8 Å². The smallest absolute Gasteiger partial charge is 0.328 e. The summed E-state index contributed by atoms with van der Waals surface area (Å²) in [7, 11) is 0. The molecule has 8 nitrogen and oxygen atoms in total. The van der Waals surface area contributed by atoms with Gasteiger partial charge in [-0.3, -0.25) is 4.79 Å². The molecule has 0 unspecified atom stereocenters. The predicted octanol–water partition coefficient (Wildman–Crippen LogP) is 2.63. The first kappa shape index (κ1) is 24.2. The largest absolute Gasteiger partial charge is 0.480 e. The van der Waals surface area contributed by atoms with Crippen molar-refractivity contribution in [2.24, 2.45) is 33.7 Å². The van der Waals surface area contributed by atoms with E-state index in [1.807, 2.05) is 0 Å². The van der Waals surface area contributed by atoms with E-state index in [9.17, 15) is 19.8 Å². The van der Waals surface area contributed by atoms with Crippen LogP contribution >= 0.6 is 0 Å². The molecule has 4 N–H and O–H groups in total. The zero-order valence-corrected chi connectivity index (χ0v) is 19.9. The third-order valence-corrected chi connectivity index (χ3v) is 9.37. The summed E-state index contributed by atoms with van der Waals surface area (Å²) in [5.41, 5.74) is 2.47. The molecule has 8 heteroatoms. The third kappa shape index (κ3) is 4.32. The van der Waals surface area contributed by atoms with E-state index < -0.39 is 30.6 Å². The molecular formula is C25H38N2O6. The molecule has 0 aromatic carbocycles. The number of carboxylic acids is 1. The van der Waals surface area contributed by atoms with Crippen molar-refractivity contribution in [3.05, 3.63) is 11.6 Å². The van der Waals surface area contributed by atoms with Gasteiger partial charge in [0.05, 0.1) is 17.9 Å². The van der Waals surface area contributed by atoms with E-state index in [2.05, 4.69) is 30.4 Å². The van der Waals surface area contributed by atoms with Crippen molar-refractivity contribution in [2.75, 3.05) is 6.61 Å². The molecule has 0 spiro atoms. The SMILES string of the molecule is C[C@@H](O)[C@@H](NC(=O)CO/N=C1/C=C2CC[C@H]3[C@H]4CC[C@H](O)[C@@]4(C)CC[C@H]3[C@@]2(C)CC1)C(=O)O. The molecule has 0 saturated heterocycles. The van der Waals surface area contributed by atoms with Gasteiger partial charge in [0, 0.05) is 0 Å². The first-order valence-corrected chi connectivity index (χ1v) is 12.3. The number of carboxylic acid groups (broad SMARTS) is 1. The number of rotatable bonds is 6. The van der Waals surface area contributed by atoms with E-state index >= 15 is 0 Å². The zero-order valence-electron chi connectivity index (χ0n) is 19.9. The molecule has 33 heavy (non-hydrogen) atoms. The van der Waals surface area contributed by atoms with Gasteiger partial charge in [0.15, 0.2) is 12.6 Å². The van der Waals surface area contributed by atoms with Crippen molar-refractivity contribution in [1.82, 2.24) is 5.32 Å². The van der Waals surface area contributed by atoms with Crippen molar-refractivity contribution in [2.45, 2.75) is 90.4 Å². The number of aliphatic carboxylic acids is 1. The number of nitrogens with zero attached hydrogens (tertiary/aromatic N) is 1. The molecule has 0 radical (unpaired) electrons. The zero-order chi connectivity index (χ0) is 24.0. The van der Waals surface area contributed by atoms with Crippen LogP contribution in [0, 0.1) is 28.6 Å². The Bertz CT molecular complexity index is 854. The lowest BCUT2D eigenvalue weighted by atomic mass is 9.47. The van der Waals surface area contributed by atoms with Gasteiger partial charge in [-0.15, -0.1) is 0 Å². The first-order chi connectivity index (χ1) is 15.6. The maximum Gasteiger partial charge on any atom is 0.328 e. The second kappa shape index (κ2) is 9.02. The van der Waals surface area contributed by atoms with Gasteiger partial charge in [-0.05, 0) is 93.0 Å². The Balaban J connectivity index is 1.39. The number of allylic oxidation sites excluding steroid dienone is 2. The van der Waals surface area contributed by atoms with E-state index in [1.54, 1.807) is 0 Å². The fourth-order valence-corrected chi connectivity index (χ4v) is 7.39. The molecule has 0 aromatic rings. The molecule has 0 heterocycles. The van der Waals surface area contributed by atoms with E-state index in [0.717, 1.165) is 50.7 Å². The molecule has 8 atom stereocenters. The van der Waals surface area contributed by atoms with Crippen LogP contribution in [0.25, 0.3) is 0 Å². The predicted molar refractivity (Wildman–Crippen MR) is 122 cm³/mol. The molecule has 1 amide bonds. The molecule has 0 aliphatic heterocycles. The van der Waals surface area contributed by atoms with Gasteiger partial charge >= 0.3 is 5.97 Å². The Labute approximate surface area is 195 Å². The molecular weight excluding hydrogens is 424 g/mol. The van der Waals surface area contributed by atoms with E-state index in [-0.39, 0.29) is 16.9 Å². The van der Waals surface area contributed by atoms with Crippen molar-refractivity contribution >= 4 is 17.6 Å². The van der Waals surface area contributed by atoms with Crippen LogP contribution in [0.2, 0.25) is 0 Å². The Kier molecular flexibility index (Phi) is 6.62. The van der Waals surface area contributed by atoms with E-state index in [4.69, 9.17) is 9.94 Å². The summed E-state index contributed by atoms with van der Waals surface area (Å²) in [6.45, 7) is 5.62. The molecule has 0 aromatic heterocycles. The Morgan fingerprint density at radius 2 is 1.94 bits per heavy atom. The van der Waals surface area contributed by atoms with Crippen LogP contribution in [0.3, 0.4) is 0 Å². The Morgan fingerprint density at radius 3 is 2.64 bits per heavy atom. The molecule has 184 valence electrons. The number of nitrogens with one attached hydrogen (secondary N) is 1. The number of hydrogen-bond donors (Lipinski definition) is 4. The van der Waals surface area contributed by atoms with Crippen LogP contribution in [0.5, 0.6) is 0 Å². The fourth-order valence-electron chi connectivity index (χ4n) is 7.39. The number of aliphatic hydroxyl groups is 2. The first-order valence-electron chi connectivity index (χ1n) is 12.3. The maximum atomic E-state index is 12.0. The summed E-state index contributed by atoms with van der Waals surface area (Å²) < 4.78 is 0. The molecule has 3 saturated carbocycles. The van der Waals surface area contributed by atoms with Crippen molar-refractivity contribution in [3.8, 4) is 0 Å². The summed E-state index contributed by atoms with van der Waals surface area (Å²) >= 11 is 0. The van der Waals surface area contributed by atoms with Gasteiger partial charge in [0.2, 0.25) is 0 Å². The second-order valence-electron chi connectivity index (χ2n) is 11.1. The van der Waals surface area contributed by atoms with Gasteiger partial charge in [-0.25, -0.2) is 4.79 Å². The van der Waals surface area contributed by atoms with Crippen molar-refractivity contribution < 1.29 is 29.7 Å². The monoisotopic (exact) mass is 462 g/mol. The Hall–Kier alpha value is -1.93. The number of amides is 1. The highest BCUT2D eigenvalue weighted by atomic mass is 16.6. The normalized spacial score (nSPS) is 40.6. The molecule has 4 aliphatic carbocycles. The minimum atomic E-state index is -1.38. The topological polar surface area (TPSA) is 128 Å². The van der Waals surface area contributed by atoms with Gasteiger partial charge < -0.3 is 25.5 Å². The quantitative estimate of drug-likeness (QED) is 0.449. The van der Waals surface area contributed by atoms with Gasteiger partial charge in [0.25, 0.3) is 5.91 Å². The lowest BCUT2D eigenvalue weighted by Gasteiger charge is -2.57. The Morgan fingerprint density at radius 1 is 1.18 bits per heavy atom.